The lowest BCUT2D eigenvalue weighted by atomic mass is 10.0. The fraction of sp³-hybridized carbons (Fsp3) is 0.455. The third-order valence-electron chi connectivity index (χ3n) is 2.32. The van der Waals surface area contributed by atoms with Crippen LogP contribution in [0.25, 0.3) is 0 Å². The van der Waals surface area contributed by atoms with Crippen molar-refractivity contribution in [1.82, 2.24) is 9.71 Å². The van der Waals surface area contributed by atoms with Crippen molar-refractivity contribution in [1.29, 1.82) is 0 Å². The first-order chi connectivity index (χ1) is 8.23. The average Bonchev–Trinajstić information content (AvgIpc) is 2.26. The molecule has 7 heteroatoms. The maximum atomic E-state index is 12.0. The minimum absolute atomic E-state index is 0.0633. The molecule has 6 nitrogen and oxygen atoms in total. The number of nitrogens with zero attached hydrogens (tertiary/aromatic N) is 1. The number of aliphatic carboxylic acids is 1. The predicted octanol–water partition coefficient (Wildman–Crippen LogP) is 1.00. The van der Waals surface area contributed by atoms with E-state index in [4.69, 9.17) is 5.11 Å². The number of sulfonamides is 1. The van der Waals surface area contributed by atoms with E-state index in [0.29, 0.717) is 0 Å². The molecule has 0 amide bonds. The van der Waals surface area contributed by atoms with Crippen molar-refractivity contribution in [2.45, 2.75) is 37.1 Å². The van der Waals surface area contributed by atoms with Crippen LogP contribution in [-0.2, 0) is 14.8 Å². The monoisotopic (exact) mass is 272 g/mol. The summed E-state index contributed by atoms with van der Waals surface area (Å²) in [6.07, 6.45) is 2.84. The summed E-state index contributed by atoms with van der Waals surface area (Å²) in [5.41, 5.74) is -0.826. The number of pyridine rings is 1. The lowest BCUT2D eigenvalue weighted by Crippen LogP contribution is -2.43. The quantitative estimate of drug-likeness (QED) is 0.805. The first-order valence-corrected chi connectivity index (χ1v) is 6.87. The summed E-state index contributed by atoms with van der Waals surface area (Å²) in [6, 6.07) is 2.96. The zero-order valence-corrected chi connectivity index (χ0v) is 11.1. The SMILES string of the molecule is CC(C)(CCC(=O)O)NS(=O)(=O)c1cccnc1. The lowest BCUT2D eigenvalue weighted by molar-refractivity contribution is -0.137. The van der Waals surface area contributed by atoms with Crippen molar-refractivity contribution in [2.24, 2.45) is 0 Å². The van der Waals surface area contributed by atoms with Crippen molar-refractivity contribution >= 4 is 16.0 Å². The Morgan fingerprint density at radius 2 is 2.17 bits per heavy atom. The molecule has 0 aliphatic heterocycles. The van der Waals surface area contributed by atoms with Gasteiger partial charge in [0.1, 0.15) is 4.90 Å². The molecule has 0 unspecified atom stereocenters. The van der Waals surface area contributed by atoms with Crippen molar-refractivity contribution in [3.05, 3.63) is 24.5 Å². The van der Waals surface area contributed by atoms with Crippen LogP contribution in [0, 0.1) is 0 Å². The summed E-state index contributed by atoms with van der Waals surface area (Å²) in [7, 11) is -3.67. The Labute approximate surface area is 106 Å². The molecular formula is C11H16N2O4S. The zero-order valence-electron chi connectivity index (χ0n) is 10.3. The number of rotatable bonds is 6. The Bertz CT molecular complexity index is 511. The number of nitrogens with one attached hydrogen (secondary N) is 1. The highest BCUT2D eigenvalue weighted by molar-refractivity contribution is 7.89. The van der Waals surface area contributed by atoms with Gasteiger partial charge in [-0.3, -0.25) is 9.78 Å². The van der Waals surface area contributed by atoms with Gasteiger partial charge in [-0.15, -0.1) is 0 Å². The van der Waals surface area contributed by atoms with Crippen LogP contribution in [0.4, 0.5) is 0 Å². The number of hydrogen-bond acceptors (Lipinski definition) is 4. The smallest absolute Gasteiger partial charge is 0.303 e. The molecule has 2 N–H and O–H groups in total. The molecule has 100 valence electrons. The van der Waals surface area contributed by atoms with Gasteiger partial charge in [-0.05, 0) is 32.4 Å². The summed E-state index contributed by atoms with van der Waals surface area (Å²) >= 11 is 0. The summed E-state index contributed by atoms with van der Waals surface area (Å²) in [5.74, 6) is -0.955. The molecule has 0 radical (unpaired) electrons. The molecule has 1 aromatic rings. The number of carboxylic acids is 1. The first kappa shape index (κ1) is 14.6. The van der Waals surface area contributed by atoms with Crippen LogP contribution in [0.1, 0.15) is 26.7 Å². The number of carbonyl (C=O) groups is 1. The van der Waals surface area contributed by atoms with Gasteiger partial charge < -0.3 is 5.11 Å². The second-order valence-corrected chi connectivity index (χ2v) is 6.25. The van der Waals surface area contributed by atoms with E-state index >= 15 is 0 Å². The maximum Gasteiger partial charge on any atom is 0.303 e. The Balaban J connectivity index is 2.80. The van der Waals surface area contributed by atoms with Crippen LogP contribution in [0.3, 0.4) is 0 Å². The Hall–Kier alpha value is -1.47. The predicted molar refractivity (Wildman–Crippen MR) is 65.5 cm³/mol. The molecule has 0 spiro atoms. The van der Waals surface area contributed by atoms with E-state index < -0.39 is 21.5 Å². The topological polar surface area (TPSA) is 96.4 Å². The molecule has 1 aromatic heterocycles. The van der Waals surface area contributed by atoms with Crippen LogP contribution in [0.5, 0.6) is 0 Å². The standard InChI is InChI=1S/C11H16N2O4S/c1-11(2,6-5-10(14)15)13-18(16,17)9-4-3-7-12-8-9/h3-4,7-8,13H,5-6H2,1-2H3,(H,14,15). The van der Waals surface area contributed by atoms with Gasteiger partial charge in [0.25, 0.3) is 0 Å². The van der Waals surface area contributed by atoms with Gasteiger partial charge in [-0.2, -0.15) is 0 Å². The lowest BCUT2D eigenvalue weighted by Gasteiger charge is -2.25. The summed E-state index contributed by atoms with van der Waals surface area (Å²) in [4.78, 5) is 14.3. The number of aromatic nitrogens is 1. The third-order valence-corrected chi connectivity index (χ3v) is 4.00. The Kier molecular flexibility index (Phi) is 4.42. The molecule has 0 saturated heterocycles. The van der Waals surface area contributed by atoms with Crippen molar-refractivity contribution in [3.63, 3.8) is 0 Å². The molecule has 0 aliphatic carbocycles. The molecule has 1 rings (SSSR count). The van der Waals surface area contributed by atoms with Crippen molar-refractivity contribution in [3.8, 4) is 0 Å². The minimum Gasteiger partial charge on any atom is -0.481 e. The van der Waals surface area contributed by atoms with Crippen LogP contribution in [0.15, 0.2) is 29.4 Å². The molecule has 0 bridgehead atoms. The zero-order chi connectivity index (χ0) is 13.8. The fourth-order valence-electron chi connectivity index (χ4n) is 1.40. The van der Waals surface area contributed by atoms with Crippen LogP contribution in [-0.4, -0.2) is 30.0 Å². The average molecular weight is 272 g/mol. The van der Waals surface area contributed by atoms with E-state index in [1.54, 1.807) is 13.8 Å². The normalized spacial score (nSPS) is 12.3. The molecule has 0 aromatic carbocycles. The summed E-state index contributed by atoms with van der Waals surface area (Å²) < 4.78 is 26.5. The molecular weight excluding hydrogens is 256 g/mol. The summed E-state index contributed by atoms with van der Waals surface area (Å²) in [5, 5.41) is 8.60. The fourth-order valence-corrected chi connectivity index (χ4v) is 2.80. The Morgan fingerprint density at radius 3 is 2.67 bits per heavy atom. The molecule has 0 atom stereocenters. The van der Waals surface area contributed by atoms with Crippen molar-refractivity contribution in [2.75, 3.05) is 0 Å². The molecule has 1 heterocycles. The van der Waals surface area contributed by atoms with E-state index in [2.05, 4.69) is 9.71 Å². The second-order valence-electron chi connectivity index (χ2n) is 4.57. The van der Waals surface area contributed by atoms with Crippen molar-refractivity contribution < 1.29 is 18.3 Å². The van der Waals surface area contributed by atoms with E-state index in [1.807, 2.05) is 0 Å². The van der Waals surface area contributed by atoms with Gasteiger partial charge in [-0.1, -0.05) is 0 Å². The second kappa shape index (κ2) is 5.45. The Morgan fingerprint density at radius 1 is 1.50 bits per heavy atom. The highest BCUT2D eigenvalue weighted by Gasteiger charge is 2.26. The van der Waals surface area contributed by atoms with Gasteiger partial charge >= 0.3 is 5.97 Å². The highest BCUT2D eigenvalue weighted by atomic mass is 32.2. The van der Waals surface area contributed by atoms with Crippen LogP contribution < -0.4 is 4.72 Å². The van der Waals surface area contributed by atoms with E-state index in [0.717, 1.165) is 0 Å². The van der Waals surface area contributed by atoms with E-state index in [-0.39, 0.29) is 17.7 Å². The van der Waals surface area contributed by atoms with Gasteiger partial charge in [0, 0.05) is 24.4 Å². The van der Waals surface area contributed by atoms with Gasteiger partial charge in [0.15, 0.2) is 0 Å². The number of carboxylic acid groups (broad SMARTS) is 1. The van der Waals surface area contributed by atoms with Crippen LogP contribution in [0.2, 0.25) is 0 Å². The molecule has 0 aliphatic rings. The molecule has 18 heavy (non-hydrogen) atoms. The minimum atomic E-state index is -3.67. The maximum absolute atomic E-state index is 12.0. The first-order valence-electron chi connectivity index (χ1n) is 5.39. The largest absolute Gasteiger partial charge is 0.481 e. The molecule has 0 fully saturated rings. The highest BCUT2D eigenvalue weighted by Crippen LogP contribution is 2.16. The van der Waals surface area contributed by atoms with E-state index in [9.17, 15) is 13.2 Å². The van der Waals surface area contributed by atoms with Crippen LogP contribution >= 0.6 is 0 Å². The third kappa shape index (κ3) is 4.42. The summed E-state index contributed by atoms with van der Waals surface area (Å²) in [6.45, 7) is 3.29. The molecule has 0 saturated carbocycles. The van der Waals surface area contributed by atoms with E-state index in [1.165, 1.54) is 24.5 Å². The van der Waals surface area contributed by atoms with Gasteiger partial charge in [0.2, 0.25) is 10.0 Å². The van der Waals surface area contributed by atoms with Gasteiger partial charge in [0.05, 0.1) is 0 Å². The van der Waals surface area contributed by atoms with Gasteiger partial charge in [-0.25, -0.2) is 13.1 Å². The number of hydrogen-bond donors (Lipinski definition) is 2.